The fourth-order valence-corrected chi connectivity index (χ4v) is 2.55. The van der Waals surface area contributed by atoms with Gasteiger partial charge in [0.2, 0.25) is 0 Å². The Morgan fingerprint density at radius 3 is 2.71 bits per heavy atom. The minimum Gasteiger partial charge on any atom is -0.204 e. The lowest BCUT2D eigenvalue weighted by Crippen LogP contribution is -1.95. The van der Waals surface area contributed by atoms with Crippen molar-refractivity contribution in [3.63, 3.8) is 0 Å². The van der Waals surface area contributed by atoms with Crippen molar-refractivity contribution < 1.29 is 8.78 Å². The molecule has 0 saturated heterocycles. The molecule has 1 heterocycles. The summed E-state index contributed by atoms with van der Waals surface area (Å²) < 4.78 is 26.4. The third-order valence-electron chi connectivity index (χ3n) is 2.19. The van der Waals surface area contributed by atoms with Gasteiger partial charge in [0.25, 0.3) is 0 Å². The van der Waals surface area contributed by atoms with Gasteiger partial charge in [-0.25, -0.2) is 8.78 Å². The van der Waals surface area contributed by atoms with Crippen molar-refractivity contribution in [2.24, 2.45) is 0 Å². The summed E-state index contributed by atoms with van der Waals surface area (Å²) in [6, 6.07) is 4.12. The van der Waals surface area contributed by atoms with E-state index >= 15 is 0 Å². The molecule has 2 aromatic rings. The van der Waals surface area contributed by atoms with Gasteiger partial charge in [-0.05, 0) is 11.6 Å². The second kappa shape index (κ2) is 5.51. The number of rotatable bonds is 4. The van der Waals surface area contributed by atoms with Crippen molar-refractivity contribution in [3.05, 3.63) is 45.4 Å². The van der Waals surface area contributed by atoms with Crippen LogP contribution in [0, 0.1) is 11.6 Å². The van der Waals surface area contributed by atoms with Crippen molar-refractivity contribution in [1.82, 2.24) is 10.2 Å². The maximum atomic E-state index is 13.4. The van der Waals surface area contributed by atoms with E-state index in [2.05, 4.69) is 10.2 Å². The maximum Gasteiger partial charge on any atom is 0.162 e. The lowest BCUT2D eigenvalue weighted by atomic mass is 10.1. The molecule has 0 amide bonds. The van der Waals surface area contributed by atoms with Gasteiger partial charge in [0, 0.05) is 18.7 Å². The highest BCUT2D eigenvalue weighted by Crippen LogP contribution is 2.18. The molecule has 0 atom stereocenters. The molecule has 2 rings (SSSR count). The minimum atomic E-state index is -0.840. The van der Waals surface area contributed by atoms with E-state index in [0.717, 1.165) is 11.1 Å². The van der Waals surface area contributed by atoms with Crippen LogP contribution < -0.4 is 0 Å². The third-order valence-corrected chi connectivity index (χ3v) is 3.36. The summed E-state index contributed by atoms with van der Waals surface area (Å²) in [6.45, 7) is 0. The number of benzene rings is 1. The van der Waals surface area contributed by atoms with Gasteiger partial charge in [-0.1, -0.05) is 12.1 Å². The lowest BCUT2D eigenvalue weighted by molar-refractivity contribution is 0.500. The van der Waals surface area contributed by atoms with Gasteiger partial charge in [-0.15, -0.1) is 33.1 Å². The molecule has 1 aromatic heterocycles. The van der Waals surface area contributed by atoms with E-state index in [1.807, 2.05) is 0 Å². The summed E-state index contributed by atoms with van der Waals surface area (Å²) in [5, 5.41) is 9.32. The molecule has 17 heavy (non-hydrogen) atoms. The van der Waals surface area contributed by atoms with Crippen LogP contribution in [0.3, 0.4) is 0 Å². The molecule has 0 aliphatic carbocycles. The first-order valence-corrected chi connectivity index (χ1v) is 6.36. The largest absolute Gasteiger partial charge is 0.204 e. The lowest BCUT2D eigenvalue weighted by Gasteiger charge is -2.00. The minimum absolute atomic E-state index is 0.254. The fraction of sp³-hybridized carbons (Fsp3) is 0.273. The molecule has 0 radical (unpaired) electrons. The second-order valence-corrected chi connectivity index (χ2v) is 4.94. The number of alkyl halides is 1. The van der Waals surface area contributed by atoms with Gasteiger partial charge < -0.3 is 0 Å². The van der Waals surface area contributed by atoms with Crippen LogP contribution >= 0.6 is 22.9 Å². The van der Waals surface area contributed by atoms with Crippen LogP contribution in [-0.4, -0.2) is 16.1 Å². The molecule has 2 nitrogen and oxygen atoms in total. The Morgan fingerprint density at radius 1 is 1.18 bits per heavy atom. The Hall–Kier alpha value is -1.07. The Labute approximate surface area is 106 Å². The second-order valence-electron chi connectivity index (χ2n) is 3.42. The Bertz CT molecular complexity index is 516. The summed E-state index contributed by atoms with van der Waals surface area (Å²) in [4.78, 5) is 0. The summed E-state index contributed by atoms with van der Waals surface area (Å²) in [5.41, 5.74) is 0.290. The first-order valence-electron chi connectivity index (χ1n) is 5.01. The van der Waals surface area contributed by atoms with Gasteiger partial charge in [-0.2, -0.15) is 0 Å². The zero-order valence-corrected chi connectivity index (χ0v) is 10.4. The number of hydrogen-bond donors (Lipinski definition) is 0. The van der Waals surface area contributed by atoms with E-state index in [1.165, 1.54) is 17.4 Å². The zero-order chi connectivity index (χ0) is 12.3. The average Bonchev–Trinajstić information content (AvgIpc) is 2.73. The van der Waals surface area contributed by atoms with Crippen molar-refractivity contribution in [1.29, 1.82) is 0 Å². The molecule has 90 valence electrons. The van der Waals surface area contributed by atoms with Crippen LogP contribution in [0.5, 0.6) is 0 Å². The molecule has 0 spiro atoms. The highest BCUT2D eigenvalue weighted by atomic mass is 35.5. The first-order chi connectivity index (χ1) is 8.20. The van der Waals surface area contributed by atoms with E-state index in [0.29, 0.717) is 22.9 Å². The summed E-state index contributed by atoms with van der Waals surface area (Å²) in [5.74, 6) is -1.18. The van der Waals surface area contributed by atoms with Crippen molar-refractivity contribution in [2.75, 3.05) is 5.88 Å². The van der Waals surface area contributed by atoms with E-state index in [9.17, 15) is 8.78 Å². The number of aromatic nitrogens is 2. The molecule has 0 fully saturated rings. The monoisotopic (exact) mass is 274 g/mol. The van der Waals surface area contributed by atoms with E-state index < -0.39 is 11.6 Å². The quantitative estimate of drug-likeness (QED) is 0.800. The fourth-order valence-electron chi connectivity index (χ4n) is 1.39. The Morgan fingerprint density at radius 2 is 1.94 bits per heavy atom. The highest BCUT2D eigenvalue weighted by Gasteiger charge is 2.11. The molecule has 1 aromatic carbocycles. The van der Waals surface area contributed by atoms with Crippen molar-refractivity contribution in [3.8, 4) is 0 Å². The van der Waals surface area contributed by atoms with Crippen LogP contribution in [0.2, 0.25) is 0 Å². The van der Waals surface area contributed by atoms with Gasteiger partial charge in [0.15, 0.2) is 11.6 Å². The summed E-state index contributed by atoms with van der Waals surface area (Å²) in [7, 11) is 0. The van der Waals surface area contributed by atoms with Gasteiger partial charge >= 0.3 is 0 Å². The molecule has 0 bridgehead atoms. The number of halogens is 3. The smallest absolute Gasteiger partial charge is 0.162 e. The number of hydrogen-bond acceptors (Lipinski definition) is 3. The van der Waals surface area contributed by atoms with E-state index in [1.54, 1.807) is 6.07 Å². The third kappa shape index (κ3) is 2.98. The molecule has 0 unspecified atom stereocenters. The molecular weight excluding hydrogens is 266 g/mol. The van der Waals surface area contributed by atoms with E-state index in [-0.39, 0.29) is 6.42 Å². The SMILES string of the molecule is Fc1cccc(Cc2nnc(CCCl)s2)c1F. The molecule has 0 aliphatic heterocycles. The van der Waals surface area contributed by atoms with Crippen LogP contribution in [-0.2, 0) is 12.8 Å². The van der Waals surface area contributed by atoms with Crippen LogP contribution in [0.15, 0.2) is 18.2 Å². The van der Waals surface area contributed by atoms with Gasteiger partial charge in [0.05, 0.1) is 0 Å². The Kier molecular flexibility index (Phi) is 4.02. The number of nitrogens with zero attached hydrogens (tertiary/aromatic N) is 2. The van der Waals surface area contributed by atoms with Crippen molar-refractivity contribution in [2.45, 2.75) is 12.8 Å². The normalized spacial score (nSPS) is 10.8. The standard InChI is InChI=1S/C11H9ClF2N2S/c12-5-4-9-15-16-10(17-9)6-7-2-1-3-8(13)11(7)14/h1-3H,4-6H2. The summed E-state index contributed by atoms with van der Waals surface area (Å²) in [6.07, 6.45) is 0.897. The van der Waals surface area contributed by atoms with Crippen LogP contribution in [0.25, 0.3) is 0 Å². The van der Waals surface area contributed by atoms with Crippen LogP contribution in [0.4, 0.5) is 8.78 Å². The van der Waals surface area contributed by atoms with Gasteiger partial charge in [-0.3, -0.25) is 0 Å². The first kappa shape index (κ1) is 12.4. The average molecular weight is 275 g/mol. The maximum absolute atomic E-state index is 13.4. The van der Waals surface area contributed by atoms with Gasteiger partial charge in [0.1, 0.15) is 10.0 Å². The predicted octanol–water partition coefficient (Wildman–Crippen LogP) is 3.19. The number of aryl methyl sites for hydroxylation is 1. The Balaban J connectivity index is 2.16. The van der Waals surface area contributed by atoms with E-state index in [4.69, 9.17) is 11.6 Å². The predicted molar refractivity (Wildman–Crippen MR) is 63.5 cm³/mol. The molecule has 0 aliphatic rings. The van der Waals surface area contributed by atoms with Crippen LogP contribution in [0.1, 0.15) is 15.6 Å². The highest BCUT2D eigenvalue weighted by molar-refractivity contribution is 7.11. The summed E-state index contributed by atoms with van der Waals surface area (Å²) >= 11 is 6.95. The molecule has 0 N–H and O–H groups in total. The zero-order valence-electron chi connectivity index (χ0n) is 8.79. The molecule has 6 heteroatoms. The topological polar surface area (TPSA) is 25.8 Å². The van der Waals surface area contributed by atoms with Crippen molar-refractivity contribution >= 4 is 22.9 Å². The molecular formula is C11H9ClF2N2S. The molecule has 0 saturated carbocycles.